The lowest BCUT2D eigenvalue weighted by atomic mass is 9.98. The van der Waals surface area contributed by atoms with E-state index in [0.717, 1.165) is 27.3 Å². The summed E-state index contributed by atoms with van der Waals surface area (Å²) in [5.74, 6) is 0. The lowest BCUT2D eigenvalue weighted by Gasteiger charge is -2.09. The number of aromatic amines is 1. The first-order valence-corrected chi connectivity index (χ1v) is 7.26. The minimum atomic E-state index is -0.115. The van der Waals surface area contributed by atoms with E-state index in [0.29, 0.717) is 10.4 Å². The number of hydrogen-bond acceptors (Lipinski definition) is 2. The Morgan fingerprint density at radius 2 is 1.91 bits per heavy atom. The minimum Gasteiger partial charge on any atom is -0.328 e. The van der Waals surface area contributed by atoms with Crippen LogP contribution in [-0.2, 0) is 0 Å². The monoisotopic (exact) mass is 306 g/mol. The van der Waals surface area contributed by atoms with E-state index in [1.165, 1.54) is 0 Å². The Morgan fingerprint density at radius 3 is 2.73 bits per heavy atom. The number of hydrogen-bond donors (Lipinski definition) is 1. The van der Waals surface area contributed by atoms with Crippen molar-refractivity contribution in [1.82, 2.24) is 9.97 Å². The number of pyridine rings is 2. The highest BCUT2D eigenvalue weighted by Crippen LogP contribution is 2.31. The summed E-state index contributed by atoms with van der Waals surface area (Å²) in [6.07, 6.45) is 5.25. The Kier molecular flexibility index (Phi) is 2.94. The smallest absolute Gasteiger partial charge is 0.256 e. The molecule has 1 N–H and O–H groups in total. The van der Waals surface area contributed by atoms with Crippen LogP contribution in [-0.4, -0.2) is 9.97 Å². The van der Waals surface area contributed by atoms with Gasteiger partial charge in [-0.1, -0.05) is 35.9 Å². The molecule has 0 aliphatic rings. The first-order valence-electron chi connectivity index (χ1n) is 6.88. The summed E-state index contributed by atoms with van der Waals surface area (Å²) in [5, 5.41) is 4.02. The molecule has 2 aromatic carbocycles. The fraction of sp³-hybridized carbons (Fsp3) is 0. The zero-order valence-corrected chi connectivity index (χ0v) is 12.3. The first kappa shape index (κ1) is 13.0. The van der Waals surface area contributed by atoms with Gasteiger partial charge in [-0.15, -0.1) is 0 Å². The molecule has 22 heavy (non-hydrogen) atoms. The Morgan fingerprint density at radius 1 is 1.05 bits per heavy atom. The quantitative estimate of drug-likeness (QED) is 0.530. The van der Waals surface area contributed by atoms with Crippen LogP contribution in [0.3, 0.4) is 0 Å². The molecule has 0 saturated heterocycles. The standard InChI is InChI=1S/C18H11ClN2O/c19-13-5-3-11-4-6-14-16(12-2-1-7-20-9-12)10-21-18(22)17(14)15(11)8-13/h1-10H,(H,21,22). The van der Waals surface area contributed by atoms with Crippen LogP contribution in [0.15, 0.2) is 65.8 Å². The van der Waals surface area contributed by atoms with Crippen LogP contribution in [0.4, 0.5) is 0 Å². The van der Waals surface area contributed by atoms with Gasteiger partial charge in [0.05, 0.1) is 5.39 Å². The van der Waals surface area contributed by atoms with E-state index < -0.39 is 0 Å². The van der Waals surface area contributed by atoms with Gasteiger partial charge in [-0.25, -0.2) is 0 Å². The molecule has 3 nitrogen and oxygen atoms in total. The summed E-state index contributed by atoms with van der Waals surface area (Å²) in [7, 11) is 0. The van der Waals surface area contributed by atoms with Crippen molar-refractivity contribution in [2.45, 2.75) is 0 Å². The van der Waals surface area contributed by atoms with Crippen molar-refractivity contribution in [3.8, 4) is 11.1 Å². The topological polar surface area (TPSA) is 45.8 Å². The van der Waals surface area contributed by atoms with E-state index in [1.54, 1.807) is 18.6 Å². The van der Waals surface area contributed by atoms with Gasteiger partial charge in [0.1, 0.15) is 0 Å². The average molecular weight is 307 g/mol. The molecule has 0 radical (unpaired) electrons. The SMILES string of the molecule is O=c1[nH]cc(-c2cccnc2)c2ccc3ccc(Cl)cc3c12. The summed E-state index contributed by atoms with van der Waals surface area (Å²) >= 11 is 6.11. The summed E-state index contributed by atoms with van der Waals surface area (Å²) in [6.45, 7) is 0. The average Bonchev–Trinajstić information content (AvgIpc) is 2.55. The van der Waals surface area contributed by atoms with Gasteiger partial charge in [-0.3, -0.25) is 9.78 Å². The van der Waals surface area contributed by atoms with Crippen molar-refractivity contribution in [3.05, 3.63) is 76.4 Å². The molecule has 2 heterocycles. The number of halogens is 1. The van der Waals surface area contributed by atoms with Gasteiger partial charge < -0.3 is 4.98 Å². The van der Waals surface area contributed by atoms with Gasteiger partial charge in [0, 0.05) is 34.7 Å². The van der Waals surface area contributed by atoms with Crippen LogP contribution in [0.5, 0.6) is 0 Å². The zero-order chi connectivity index (χ0) is 15.1. The molecule has 4 heteroatoms. The van der Waals surface area contributed by atoms with E-state index in [-0.39, 0.29) is 5.56 Å². The molecule has 0 amide bonds. The molecule has 0 bridgehead atoms. The molecule has 0 spiro atoms. The predicted octanol–water partition coefficient (Wildman–Crippen LogP) is 4.40. The highest BCUT2D eigenvalue weighted by atomic mass is 35.5. The highest BCUT2D eigenvalue weighted by Gasteiger charge is 2.10. The Hall–Kier alpha value is -2.65. The number of fused-ring (bicyclic) bond motifs is 3. The molecular formula is C18H11ClN2O. The summed E-state index contributed by atoms with van der Waals surface area (Å²) in [5.41, 5.74) is 1.80. The molecule has 0 aliphatic carbocycles. The maximum absolute atomic E-state index is 12.4. The summed E-state index contributed by atoms with van der Waals surface area (Å²) < 4.78 is 0. The van der Waals surface area contributed by atoms with Gasteiger partial charge in [-0.2, -0.15) is 0 Å². The van der Waals surface area contributed by atoms with E-state index in [9.17, 15) is 4.79 Å². The molecular weight excluding hydrogens is 296 g/mol. The largest absolute Gasteiger partial charge is 0.328 e. The lowest BCUT2D eigenvalue weighted by Crippen LogP contribution is -2.06. The van der Waals surface area contributed by atoms with Crippen molar-refractivity contribution >= 4 is 33.1 Å². The van der Waals surface area contributed by atoms with Gasteiger partial charge in [0.2, 0.25) is 0 Å². The van der Waals surface area contributed by atoms with Crippen molar-refractivity contribution in [2.24, 2.45) is 0 Å². The Labute approximate surface area is 131 Å². The number of nitrogens with one attached hydrogen (secondary N) is 1. The fourth-order valence-corrected chi connectivity index (χ4v) is 2.98. The van der Waals surface area contributed by atoms with E-state index in [1.807, 2.05) is 42.5 Å². The zero-order valence-electron chi connectivity index (χ0n) is 11.5. The molecule has 0 saturated carbocycles. The molecule has 0 unspecified atom stereocenters. The molecule has 0 fully saturated rings. The maximum Gasteiger partial charge on any atom is 0.256 e. The third-order valence-corrected chi connectivity index (χ3v) is 4.06. The van der Waals surface area contributed by atoms with Crippen molar-refractivity contribution in [1.29, 1.82) is 0 Å². The van der Waals surface area contributed by atoms with E-state index >= 15 is 0 Å². The molecule has 106 valence electrons. The normalized spacial score (nSPS) is 11.1. The van der Waals surface area contributed by atoms with Crippen LogP contribution < -0.4 is 5.56 Å². The van der Waals surface area contributed by atoms with Crippen LogP contribution >= 0.6 is 11.6 Å². The fourth-order valence-electron chi connectivity index (χ4n) is 2.81. The minimum absolute atomic E-state index is 0.115. The molecule has 0 atom stereocenters. The second kappa shape index (κ2) is 4.97. The molecule has 4 rings (SSSR count). The Balaban J connectivity index is 2.19. The van der Waals surface area contributed by atoms with Gasteiger partial charge >= 0.3 is 0 Å². The van der Waals surface area contributed by atoms with Crippen LogP contribution in [0, 0.1) is 0 Å². The third-order valence-electron chi connectivity index (χ3n) is 3.82. The molecule has 0 aliphatic heterocycles. The second-order valence-electron chi connectivity index (χ2n) is 5.13. The lowest BCUT2D eigenvalue weighted by molar-refractivity contribution is 1.27. The predicted molar refractivity (Wildman–Crippen MR) is 90.3 cm³/mol. The van der Waals surface area contributed by atoms with Crippen molar-refractivity contribution < 1.29 is 0 Å². The summed E-state index contributed by atoms with van der Waals surface area (Å²) in [6, 6.07) is 13.4. The molecule has 2 aromatic heterocycles. The number of H-pyrrole nitrogens is 1. The number of benzene rings is 2. The van der Waals surface area contributed by atoms with Crippen LogP contribution in [0.25, 0.3) is 32.7 Å². The second-order valence-corrected chi connectivity index (χ2v) is 5.56. The highest BCUT2D eigenvalue weighted by molar-refractivity contribution is 6.32. The van der Waals surface area contributed by atoms with E-state index in [2.05, 4.69) is 9.97 Å². The Bertz CT molecular complexity index is 1060. The van der Waals surface area contributed by atoms with Crippen molar-refractivity contribution in [3.63, 3.8) is 0 Å². The van der Waals surface area contributed by atoms with Crippen LogP contribution in [0.2, 0.25) is 5.02 Å². The molecule has 4 aromatic rings. The van der Waals surface area contributed by atoms with Gasteiger partial charge in [0.15, 0.2) is 0 Å². The van der Waals surface area contributed by atoms with Crippen LogP contribution in [0.1, 0.15) is 0 Å². The number of rotatable bonds is 1. The third kappa shape index (κ3) is 1.98. The van der Waals surface area contributed by atoms with Gasteiger partial charge in [0.25, 0.3) is 5.56 Å². The maximum atomic E-state index is 12.4. The number of aromatic nitrogens is 2. The van der Waals surface area contributed by atoms with Crippen molar-refractivity contribution in [2.75, 3.05) is 0 Å². The summed E-state index contributed by atoms with van der Waals surface area (Å²) in [4.78, 5) is 19.4. The van der Waals surface area contributed by atoms with Gasteiger partial charge in [-0.05, 0) is 34.4 Å². The van der Waals surface area contributed by atoms with E-state index in [4.69, 9.17) is 11.6 Å². The first-order chi connectivity index (χ1) is 10.7. The number of nitrogens with zero attached hydrogens (tertiary/aromatic N) is 1.